The molecule has 0 aliphatic carbocycles. The van der Waals surface area contributed by atoms with Gasteiger partial charge >= 0.3 is 0 Å². The lowest BCUT2D eigenvalue weighted by Gasteiger charge is -2.14. The van der Waals surface area contributed by atoms with Gasteiger partial charge in [0.15, 0.2) is 0 Å². The van der Waals surface area contributed by atoms with Crippen LogP contribution in [0.4, 0.5) is 0 Å². The van der Waals surface area contributed by atoms with E-state index in [1.807, 2.05) is 0 Å². The Morgan fingerprint density at radius 2 is 0.381 bits per heavy atom. The molecule has 0 heteroatoms. The minimum atomic E-state index is 0.951. The molecule has 0 N–H and O–H groups in total. The van der Waals surface area contributed by atoms with E-state index in [1.54, 1.807) is 0 Å². The summed E-state index contributed by atoms with van der Waals surface area (Å²) < 4.78 is 0. The number of hydrogen-bond acceptors (Lipinski definition) is 0. The highest BCUT2D eigenvalue weighted by Crippen LogP contribution is 2.23. The van der Waals surface area contributed by atoms with Crippen molar-refractivity contribution in [3.63, 3.8) is 0 Å². The highest BCUT2D eigenvalue weighted by molar-refractivity contribution is 4.61. The Labute approximate surface area is 270 Å². The Balaban J connectivity index is 3.33. The second-order valence-corrected chi connectivity index (χ2v) is 15.5. The molecule has 4 atom stereocenters. The summed E-state index contributed by atoms with van der Waals surface area (Å²) in [6.07, 6.45) is 46.9. The van der Waals surface area contributed by atoms with Gasteiger partial charge in [0.05, 0.1) is 0 Å². The van der Waals surface area contributed by atoms with E-state index in [0.717, 1.165) is 23.7 Å². The van der Waals surface area contributed by atoms with Gasteiger partial charge in [0.2, 0.25) is 0 Å². The third-order valence-corrected chi connectivity index (χ3v) is 10.5. The standard InChI is InChI=1S/C42H86/c1-7-9-11-12-13-19-22-26-32-41(5)37-30-38-42(6)34-28-24-21-18-16-14-15-17-20-23-27-33-40(4)36-29-35-39(3)31-25-10-8-2/h39-42H,7-38H2,1-6H3. The maximum absolute atomic E-state index is 2.51. The molecule has 4 unspecified atom stereocenters. The fourth-order valence-electron chi connectivity index (χ4n) is 7.15. The average Bonchev–Trinajstić information content (AvgIpc) is 2.97. The van der Waals surface area contributed by atoms with E-state index < -0.39 is 0 Å². The van der Waals surface area contributed by atoms with Gasteiger partial charge in [-0.25, -0.2) is 0 Å². The second-order valence-electron chi connectivity index (χ2n) is 15.5. The smallest absolute Gasteiger partial charge is 0.0443 e. The molecule has 0 saturated carbocycles. The first kappa shape index (κ1) is 42.0. The average molecular weight is 591 g/mol. The van der Waals surface area contributed by atoms with Gasteiger partial charge in [-0.05, 0) is 23.7 Å². The SMILES string of the molecule is CCCCCCCCCCC(C)CCCC(C)CCCCCCCCCCCCCC(C)CCCC(C)CCCCC. The highest BCUT2D eigenvalue weighted by Gasteiger charge is 2.07. The van der Waals surface area contributed by atoms with Crippen LogP contribution in [-0.2, 0) is 0 Å². The summed E-state index contributed by atoms with van der Waals surface area (Å²) in [5.74, 6) is 3.81. The first-order valence-corrected chi connectivity index (χ1v) is 20.5. The van der Waals surface area contributed by atoms with Crippen LogP contribution in [0.25, 0.3) is 0 Å². The summed E-state index contributed by atoms with van der Waals surface area (Å²) in [5.41, 5.74) is 0. The molecule has 0 heterocycles. The maximum atomic E-state index is 2.51. The van der Waals surface area contributed by atoms with E-state index in [1.165, 1.54) is 205 Å². The van der Waals surface area contributed by atoms with Crippen molar-refractivity contribution in [1.29, 1.82) is 0 Å². The van der Waals surface area contributed by atoms with Crippen LogP contribution in [0.3, 0.4) is 0 Å². The fourth-order valence-corrected chi connectivity index (χ4v) is 7.15. The summed E-state index contributed by atoms with van der Waals surface area (Å²) in [4.78, 5) is 0. The molecular formula is C42H86. The van der Waals surface area contributed by atoms with Crippen LogP contribution < -0.4 is 0 Å². The van der Waals surface area contributed by atoms with Gasteiger partial charge in [0.1, 0.15) is 0 Å². The number of unbranched alkanes of at least 4 members (excludes halogenated alkanes) is 19. The summed E-state index contributed by atoms with van der Waals surface area (Å²) in [6.45, 7) is 14.6. The molecule has 0 radical (unpaired) electrons. The Bertz CT molecular complexity index is 480. The Morgan fingerprint density at radius 3 is 0.643 bits per heavy atom. The van der Waals surface area contributed by atoms with Gasteiger partial charge in [0, 0.05) is 0 Å². The second kappa shape index (κ2) is 33.9. The molecule has 0 saturated heterocycles. The van der Waals surface area contributed by atoms with Crippen LogP contribution >= 0.6 is 0 Å². The number of hydrogen-bond donors (Lipinski definition) is 0. The molecule has 42 heavy (non-hydrogen) atoms. The van der Waals surface area contributed by atoms with Crippen molar-refractivity contribution in [2.75, 3.05) is 0 Å². The molecule has 0 bridgehead atoms. The van der Waals surface area contributed by atoms with E-state index in [4.69, 9.17) is 0 Å². The van der Waals surface area contributed by atoms with Crippen LogP contribution in [0.15, 0.2) is 0 Å². The zero-order valence-electron chi connectivity index (χ0n) is 30.9. The van der Waals surface area contributed by atoms with Crippen molar-refractivity contribution < 1.29 is 0 Å². The zero-order chi connectivity index (χ0) is 30.9. The maximum Gasteiger partial charge on any atom is -0.0443 e. The molecule has 0 aromatic heterocycles. The molecule has 0 aromatic rings. The lowest BCUT2D eigenvalue weighted by molar-refractivity contribution is 0.390. The number of rotatable bonds is 35. The Hall–Kier alpha value is 0. The van der Waals surface area contributed by atoms with E-state index in [-0.39, 0.29) is 0 Å². The fraction of sp³-hybridized carbons (Fsp3) is 1.00. The predicted molar refractivity (Wildman–Crippen MR) is 196 cm³/mol. The summed E-state index contributed by atoms with van der Waals surface area (Å²) >= 11 is 0. The molecule has 0 rings (SSSR count). The van der Waals surface area contributed by atoms with E-state index >= 15 is 0 Å². The molecule has 0 aromatic carbocycles. The summed E-state index contributed by atoms with van der Waals surface area (Å²) in [5, 5.41) is 0. The highest BCUT2D eigenvalue weighted by atomic mass is 14.1. The summed E-state index contributed by atoms with van der Waals surface area (Å²) in [6, 6.07) is 0. The molecule has 0 spiro atoms. The van der Waals surface area contributed by atoms with Crippen molar-refractivity contribution in [3.8, 4) is 0 Å². The van der Waals surface area contributed by atoms with Crippen LogP contribution in [0.1, 0.15) is 247 Å². The van der Waals surface area contributed by atoms with Crippen molar-refractivity contribution in [2.24, 2.45) is 23.7 Å². The minimum Gasteiger partial charge on any atom is -0.0654 e. The predicted octanol–water partition coefficient (Wildman–Crippen LogP) is 16.1. The van der Waals surface area contributed by atoms with Gasteiger partial charge < -0.3 is 0 Å². The third kappa shape index (κ3) is 32.9. The van der Waals surface area contributed by atoms with Crippen molar-refractivity contribution >= 4 is 0 Å². The quantitative estimate of drug-likeness (QED) is 0.0644. The van der Waals surface area contributed by atoms with Gasteiger partial charge in [-0.3, -0.25) is 0 Å². The largest absolute Gasteiger partial charge is 0.0654 e. The van der Waals surface area contributed by atoms with E-state index in [9.17, 15) is 0 Å². The molecule has 0 aliphatic heterocycles. The van der Waals surface area contributed by atoms with Crippen LogP contribution in [0.5, 0.6) is 0 Å². The van der Waals surface area contributed by atoms with Crippen LogP contribution in [0, 0.1) is 23.7 Å². The van der Waals surface area contributed by atoms with Gasteiger partial charge in [0.25, 0.3) is 0 Å². The first-order valence-electron chi connectivity index (χ1n) is 20.5. The molecule has 0 nitrogen and oxygen atoms in total. The molecular weight excluding hydrogens is 504 g/mol. The molecule has 254 valence electrons. The topological polar surface area (TPSA) is 0 Å². The van der Waals surface area contributed by atoms with E-state index in [0.29, 0.717) is 0 Å². The third-order valence-electron chi connectivity index (χ3n) is 10.5. The van der Waals surface area contributed by atoms with Gasteiger partial charge in [-0.15, -0.1) is 0 Å². The monoisotopic (exact) mass is 591 g/mol. The van der Waals surface area contributed by atoms with Crippen LogP contribution in [-0.4, -0.2) is 0 Å². The van der Waals surface area contributed by atoms with Gasteiger partial charge in [-0.2, -0.15) is 0 Å². The normalized spacial score (nSPS) is 14.7. The Morgan fingerprint density at radius 1 is 0.214 bits per heavy atom. The first-order chi connectivity index (χ1) is 20.5. The lowest BCUT2D eigenvalue weighted by Crippen LogP contribution is -1.99. The zero-order valence-corrected chi connectivity index (χ0v) is 30.9. The molecule has 0 fully saturated rings. The molecule has 0 aliphatic rings. The minimum absolute atomic E-state index is 0.951. The van der Waals surface area contributed by atoms with Crippen LogP contribution in [0.2, 0.25) is 0 Å². The summed E-state index contributed by atoms with van der Waals surface area (Å²) in [7, 11) is 0. The lowest BCUT2D eigenvalue weighted by atomic mass is 9.92. The van der Waals surface area contributed by atoms with Crippen molar-refractivity contribution in [1.82, 2.24) is 0 Å². The van der Waals surface area contributed by atoms with Gasteiger partial charge in [-0.1, -0.05) is 247 Å². The Kier molecular flexibility index (Phi) is 33.9. The van der Waals surface area contributed by atoms with Crippen molar-refractivity contribution in [2.45, 2.75) is 247 Å². The molecule has 0 amide bonds. The van der Waals surface area contributed by atoms with Crippen molar-refractivity contribution in [3.05, 3.63) is 0 Å². The van der Waals surface area contributed by atoms with E-state index in [2.05, 4.69) is 41.5 Å².